The van der Waals surface area contributed by atoms with E-state index in [9.17, 15) is 9.59 Å². The zero-order valence-corrected chi connectivity index (χ0v) is 20.3. The molecule has 3 aromatic carbocycles. The highest BCUT2D eigenvalue weighted by Gasteiger charge is 2.23. The predicted molar refractivity (Wildman–Crippen MR) is 136 cm³/mol. The number of aryl methyl sites for hydroxylation is 1. The summed E-state index contributed by atoms with van der Waals surface area (Å²) in [5.41, 5.74) is 3.04. The number of hydrogen-bond donors (Lipinski definition) is 1. The number of ether oxygens (including phenoxy) is 1. The maximum Gasteiger partial charge on any atom is 0.262 e. The average molecular weight is 498 g/mol. The van der Waals surface area contributed by atoms with Crippen LogP contribution in [0.3, 0.4) is 0 Å². The van der Waals surface area contributed by atoms with E-state index in [1.807, 2.05) is 54.3 Å². The summed E-state index contributed by atoms with van der Waals surface area (Å²) in [6, 6.07) is 20.0. The van der Waals surface area contributed by atoms with Gasteiger partial charge in [0.2, 0.25) is 0 Å². The third-order valence-electron chi connectivity index (χ3n) is 5.66. The lowest BCUT2D eigenvalue weighted by atomic mass is 10.1. The van der Waals surface area contributed by atoms with Crippen LogP contribution in [0.5, 0.6) is 5.75 Å². The van der Waals surface area contributed by atoms with Gasteiger partial charge in [-0.3, -0.25) is 9.59 Å². The first-order chi connectivity index (χ1) is 16.4. The highest BCUT2D eigenvalue weighted by atomic mass is 35.5. The molecule has 176 valence electrons. The number of carbonyl (C=O) groups is 2. The van der Waals surface area contributed by atoms with E-state index in [0.29, 0.717) is 53.2 Å². The molecule has 3 aromatic rings. The molecule has 1 heterocycles. The van der Waals surface area contributed by atoms with Crippen LogP contribution in [0.25, 0.3) is 0 Å². The second kappa shape index (κ2) is 10.8. The van der Waals surface area contributed by atoms with Crippen molar-refractivity contribution in [3.63, 3.8) is 0 Å². The summed E-state index contributed by atoms with van der Waals surface area (Å²) in [7, 11) is 0. The molecule has 1 fully saturated rings. The van der Waals surface area contributed by atoms with Crippen LogP contribution in [0.15, 0.2) is 66.7 Å². The third kappa shape index (κ3) is 5.82. The molecule has 0 unspecified atom stereocenters. The largest absolute Gasteiger partial charge is 0.484 e. The Bertz CT molecular complexity index is 1180. The van der Waals surface area contributed by atoms with Crippen molar-refractivity contribution >= 4 is 46.4 Å². The van der Waals surface area contributed by atoms with Gasteiger partial charge < -0.3 is 19.9 Å². The van der Waals surface area contributed by atoms with E-state index in [1.54, 1.807) is 24.3 Å². The Hall–Kier alpha value is -3.22. The minimum Gasteiger partial charge on any atom is -0.484 e. The number of hydrogen-bond acceptors (Lipinski definition) is 4. The van der Waals surface area contributed by atoms with E-state index >= 15 is 0 Å². The number of benzene rings is 3. The molecule has 8 heteroatoms. The monoisotopic (exact) mass is 497 g/mol. The fourth-order valence-corrected chi connectivity index (χ4v) is 4.23. The lowest BCUT2D eigenvalue weighted by molar-refractivity contribution is -0.118. The van der Waals surface area contributed by atoms with Crippen molar-refractivity contribution < 1.29 is 14.3 Å². The summed E-state index contributed by atoms with van der Waals surface area (Å²) in [5, 5.41) is 3.99. The minimum absolute atomic E-state index is 0.0420. The number of nitrogens with one attached hydrogen (secondary N) is 1. The molecular formula is C26H25Cl2N3O3. The maximum atomic E-state index is 12.7. The molecule has 0 saturated carbocycles. The van der Waals surface area contributed by atoms with Gasteiger partial charge in [-0.15, -0.1) is 0 Å². The Kier molecular flexibility index (Phi) is 7.60. The van der Waals surface area contributed by atoms with Gasteiger partial charge in [-0.2, -0.15) is 0 Å². The van der Waals surface area contributed by atoms with Crippen LogP contribution in [0, 0.1) is 6.92 Å². The summed E-state index contributed by atoms with van der Waals surface area (Å²) in [6.45, 7) is 4.34. The van der Waals surface area contributed by atoms with E-state index in [-0.39, 0.29) is 18.4 Å². The fourth-order valence-electron chi connectivity index (χ4n) is 3.81. The number of nitrogens with zero attached hydrogens (tertiary/aromatic N) is 2. The molecule has 0 aliphatic carbocycles. The van der Waals surface area contributed by atoms with E-state index in [0.717, 1.165) is 11.3 Å². The molecule has 0 aromatic heterocycles. The van der Waals surface area contributed by atoms with Crippen molar-refractivity contribution in [3.05, 3.63) is 87.9 Å². The first-order valence-corrected chi connectivity index (χ1v) is 11.7. The Morgan fingerprint density at radius 3 is 2.32 bits per heavy atom. The Balaban J connectivity index is 1.30. The van der Waals surface area contributed by atoms with Crippen LogP contribution in [-0.2, 0) is 4.79 Å². The van der Waals surface area contributed by atoms with Crippen molar-refractivity contribution in [2.24, 2.45) is 0 Å². The lowest BCUT2D eigenvalue weighted by Crippen LogP contribution is -2.48. The molecule has 1 N–H and O–H groups in total. The van der Waals surface area contributed by atoms with Crippen molar-refractivity contribution in [1.29, 1.82) is 0 Å². The number of anilines is 2. The van der Waals surface area contributed by atoms with Gasteiger partial charge in [-0.05, 0) is 61.0 Å². The van der Waals surface area contributed by atoms with E-state index in [1.165, 1.54) is 0 Å². The second-order valence-electron chi connectivity index (χ2n) is 8.06. The van der Waals surface area contributed by atoms with Gasteiger partial charge in [0.1, 0.15) is 5.75 Å². The van der Waals surface area contributed by atoms with Gasteiger partial charge in [0.15, 0.2) is 6.61 Å². The molecule has 0 spiro atoms. The van der Waals surface area contributed by atoms with Crippen LogP contribution in [0.2, 0.25) is 10.0 Å². The Morgan fingerprint density at radius 2 is 1.65 bits per heavy atom. The van der Waals surface area contributed by atoms with Crippen LogP contribution in [0.1, 0.15) is 15.9 Å². The molecule has 4 rings (SSSR count). The highest BCUT2D eigenvalue weighted by molar-refractivity contribution is 6.33. The van der Waals surface area contributed by atoms with Gasteiger partial charge in [-0.25, -0.2) is 0 Å². The molecule has 1 aliphatic rings. The zero-order chi connectivity index (χ0) is 24.1. The molecule has 1 aliphatic heterocycles. The quantitative estimate of drug-likeness (QED) is 0.503. The van der Waals surface area contributed by atoms with Crippen molar-refractivity contribution in [3.8, 4) is 5.75 Å². The standard InChI is InChI=1S/C26H25Cl2N3O3/c1-18-15-21(8-9-22(18)27)34-17-25(32)29-20-7-10-24(23(28)16-20)30-11-13-31(14-12-30)26(33)19-5-3-2-4-6-19/h2-10,15-16H,11-14,17H2,1H3,(H,29,32). The summed E-state index contributed by atoms with van der Waals surface area (Å²) in [4.78, 5) is 29.0. The van der Waals surface area contributed by atoms with Gasteiger partial charge in [-0.1, -0.05) is 41.4 Å². The number of piperazine rings is 1. The lowest BCUT2D eigenvalue weighted by Gasteiger charge is -2.36. The molecule has 0 radical (unpaired) electrons. The SMILES string of the molecule is Cc1cc(OCC(=O)Nc2ccc(N3CCN(C(=O)c4ccccc4)CC3)c(Cl)c2)ccc1Cl. The smallest absolute Gasteiger partial charge is 0.262 e. The molecular weight excluding hydrogens is 473 g/mol. The van der Waals surface area contributed by atoms with Crippen LogP contribution in [-0.4, -0.2) is 49.5 Å². The zero-order valence-electron chi connectivity index (χ0n) is 18.8. The van der Waals surface area contributed by atoms with Gasteiger partial charge in [0.05, 0.1) is 10.7 Å². The van der Waals surface area contributed by atoms with Gasteiger partial charge in [0, 0.05) is 42.5 Å². The Labute approximate surface area is 209 Å². The van der Waals surface area contributed by atoms with E-state index in [2.05, 4.69) is 10.2 Å². The van der Waals surface area contributed by atoms with Crippen molar-refractivity contribution in [1.82, 2.24) is 4.90 Å². The van der Waals surface area contributed by atoms with Gasteiger partial charge >= 0.3 is 0 Å². The molecule has 0 atom stereocenters. The topological polar surface area (TPSA) is 61.9 Å². The van der Waals surface area contributed by atoms with Crippen LogP contribution < -0.4 is 15.0 Å². The molecule has 34 heavy (non-hydrogen) atoms. The van der Waals surface area contributed by atoms with Gasteiger partial charge in [0.25, 0.3) is 11.8 Å². The Morgan fingerprint density at radius 1 is 0.912 bits per heavy atom. The normalized spacial score (nSPS) is 13.5. The number of carbonyl (C=O) groups excluding carboxylic acids is 2. The first-order valence-electron chi connectivity index (χ1n) is 11.0. The average Bonchev–Trinajstić information content (AvgIpc) is 2.85. The van der Waals surface area contributed by atoms with Crippen LogP contribution in [0.4, 0.5) is 11.4 Å². The first kappa shape index (κ1) is 23.9. The minimum atomic E-state index is -0.288. The summed E-state index contributed by atoms with van der Waals surface area (Å²) in [6.07, 6.45) is 0. The molecule has 1 saturated heterocycles. The number of amides is 2. The van der Waals surface area contributed by atoms with Crippen molar-refractivity contribution in [2.45, 2.75) is 6.92 Å². The van der Waals surface area contributed by atoms with Crippen LogP contribution >= 0.6 is 23.2 Å². The van der Waals surface area contributed by atoms with Crippen molar-refractivity contribution in [2.75, 3.05) is 43.0 Å². The number of halogens is 2. The molecule has 6 nitrogen and oxygen atoms in total. The molecule has 2 amide bonds. The summed E-state index contributed by atoms with van der Waals surface area (Å²) in [5.74, 6) is 0.333. The maximum absolute atomic E-state index is 12.7. The highest BCUT2D eigenvalue weighted by Crippen LogP contribution is 2.30. The third-order valence-corrected chi connectivity index (χ3v) is 6.39. The predicted octanol–water partition coefficient (Wildman–Crippen LogP) is 5.28. The molecule has 0 bridgehead atoms. The fraction of sp³-hybridized carbons (Fsp3) is 0.231. The number of rotatable bonds is 6. The summed E-state index contributed by atoms with van der Waals surface area (Å²) < 4.78 is 5.54. The second-order valence-corrected chi connectivity index (χ2v) is 8.87. The van der Waals surface area contributed by atoms with E-state index < -0.39 is 0 Å². The van der Waals surface area contributed by atoms with E-state index in [4.69, 9.17) is 27.9 Å². The summed E-state index contributed by atoms with van der Waals surface area (Å²) >= 11 is 12.5.